The minimum atomic E-state index is -2.30. The molecule has 1 aliphatic rings. The number of thioether (sulfide) groups is 1. The quantitative estimate of drug-likeness (QED) is 0.0362. The Labute approximate surface area is 374 Å². The number of nitrogens with one attached hydrogen (secondary N) is 1. The molecular weight excluding hydrogens is 819 g/mol. The van der Waals surface area contributed by atoms with Crippen molar-refractivity contribution in [1.29, 1.82) is 0 Å². The predicted octanol–water partition coefficient (Wildman–Crippen LogP) is 12.7. The molecule has 12 heteroatoms. The Balaban J connectivity index is 2.05. The number of rotatable bonds is 24. The third-order valence-electron chi connectivity index (χ3n) is 12.3. The lowest BCUT2D eigenvalue weighted by molar-refractivity contribution is -0.142. The average molecular weight is 896 g/mol. The Morgan fingerprint density at radius 2 is 1.46 bits per heavy atom. The van der Waals surface area contributed by atoms with E-state index in [1.165, 1.54) is 7.11 Å². The number of esters is 2. The number of hydrogen-bond donors (Lipinski definition) is 1. The second-order valence-corrected chi connectivity index (χ2v) is 30.0. The summed E-state index contributed by atoms with van der Waals surface area (Å²) in [5.41, 5.74) is 1.72. The number of hydrogen-bond acceptors (Lipinski definition) is 9. The molecule has 0 unspecified atom stereocenters. The van der Waals surface area contributed by atoms with Gasteiger partial charge in [0.1, 0.15) is 18.4 Å². The van der Waals surface area contributed by atoms with Crippen LogP contribution in [0, 0.1) is 5.92 Å². The van der Waals surface area contributed by atoms with Crippen LogP contribution in [0.4, 0.5) is 4.79 Å². The summed E-state index contributed by atoms with van der Waals surface area (Å²) in [6.07, 6.45) is 11.3. The molecular formula is C49H77NO8SSi2. The summed E-state index contributed by atoms with van der Waals surface area (Å²) >= 11 is 1.70. The van der Waals surface area contributed by atoms with E-state index in [0.29, 0.717) is 18.6 Å². The molecule has 2 aromatic rings. The number of benzene rings is 2. The van der Waals surface area contributed by atoms with E-state index in [2.05, 4.69) is 92.1 Å². The van der Waals surface area contributed by atoms with Crippen LogP contribution >= 0.6 is 11.8 Å². The Hall–Kier alpha value is -3.17. The van der Waals surface area contributed by atoms with E-state index in [1.807, 2.05) is 60.7 Å². The lowest BCUT2D eigenvalue weighted by Crippen LogP contribution is -2.45. The molecule has 0 aromatic heterocycles. The fourth-order valence-corrected chi connectivity index (χ4v) is 10.4. The monoisotopic (exact) mass is 895 g/mol. The first-order valence-electron chi connectivity index (χ1n) is 22.4. The van der Waals surface area contributed by atoms with E-state index in [-0.39, 0.29) is 47.2 Å². The van der Waals surface area contributed by atoms with E-state index in [1.54, 1.807) is 11.8 Å². The van der Waals surface area contributed by atoms with Crippen LogP contribution < -0.4 is 5.32 Å². The first-order valence-corrected chi connectivity index (χ1v) is 29.2. The zero-order valence-corrected chi connectivity index (χ0v) is 42.2. The van der Waals surface area contributed by atoms with Crippen LogP contribution in [0.3, 0.4) is 0 Å². The molecule has 1 aliphatic carbocycles. The van der Waals surface area contributed by atoms with Gasteiger partial charge in [0.05, 0.1) is 19.3 Å². The molecule has 2 aromatic carbocycles. The normalized spacial score (nSPS) is 17.3. The fourth-order valence-electron chi connectivity index (χ4n) is 6.48. The molecule has 4 atom stereocenters. The Bertz CT molecular complexity index is 1720. The zero-order chi connectivity index (χ0) is 45.3. The van der Waals surface area contributed by atoms with Gasteiger partial charge in [0.2, 0.25) is 0 Å². The smallest absolute Gasteiger partial charge is 0.408 e. The van der Waals surface area contributed by atoms with E-state index < -0.39 is 34.7 Å². The van der Waals surface area contributed by atoms with Crippen molar-refractivity contribution < 1.29 is 37.4 Å². The Morgan fingerprint density at radius 1 is 0.836 bits per heavy atom. The van der Waals surface area contributed by atoms with Crippen LogP contribution in [0.1, 0.15) is 117 Å². The Morgan fingerprint density at radius 3 is 2.05 bits per heavy atom. The van der Waals surface area contributed by atoms with Gasteiger partial charge in [-0.1, -0.05) is 147 Å². The van der Waals surface area contributed by atoms with Crippen LogP contribution in [0.25, 0.3) is 0 Å². The van der Waals surface area contributed by atoms with Crippen molar-refractivity contribution in [1.82, 2.24) is 5.32 Å². The van der Waals surface area contributed by atoms with Gasteiger partial charge in [-0.3, -0.25) is 4.79 Å². The molecule has 0 bridgehead atoms. The summed E-state index contributed by atoms with van der Waals surface area (Å²) < 4.78 is 31.2. The second-order valence-electron chi connectivity index (χ2n) is 19.3. The third-order valence-corrected chi connectivity index (χ3v) is 22.6. The topological polar surface area (TPSA) is 109 Å². The minimum absolute atomic E-state index is 0.0490. The molecule has 1 N–H and O–H groups in total. The predicted molar refractivity (Wildman–Crippen MR) is 255 cm³/mol. The van der Waals surface area contributed by atoms with Crippen molar-refractivity contribution in [2.45, 2.75) is 174 Å². The molecule has 3 rings (SSSR count). The lowest BCUT2D eigenvalue weighted by atomic mass is 10.0. The number of unbranched alkanes of at least 4 members (excludes halogenated alkanes) is 4. The second kappa shape index (κ2) is 24.6. The van der Waals surface area contributed by atoms with Crippen LogP contribution in [0.2, 0.25) is 36.3 Å². The number of alkyl carbamates (subject to hydrolysis) is 1. The van der Waals surface area contributed by atoms with Crippen molar-refractivity contribution in [3.8, 4) is 0 Å². The maximum Gasteiger partial charge on any atom is 0.408 e. The van der Waals surface area contributed by atoms with E-state index in [4.69, 9.17) is 23.1 Å². The number of amides is 1. The van der Waals surface area contributed by atoms with Gasteiger partial charge < -0.3 is 28.4 Å². The summed E-state index contributed by atoms with van der Waals surface area (Å²) in [4.78, 5) is 40.5. The van der Waals surface area contributed by atoms with Crippen LogP contribution in [-0.4, -0.2) is 65.8 Å². The first kappa shape index (κ1) is 52.2. The van der Waals surface area contributed by atoms with E-state index in [0.717, 1.165) is 66.7 Å². The van der Waals surface area contributed by atoms with Crippen molar-refractivity contribution >= 4 is 46.4 Å². The number of carbonyl (C=O) groups excluding carboxylic acids is 3. The van der Waals surface area contributed by atoms with Crippen molar-refractivity contribution in [2.24, 2.45) is 5.92 Å². The molecule has 0 saturated carbocycles. The number of carbonyl (C=O) groups is 3. The molecule has 9 nitrogen and oxygen atoms in total. The van der Waals surface area contributed by atoms with Crippen LogP contribution in [0.5, 0.6) is 0 Å². The zero-order valence-electron chi connectivity index (χ0n) is 39.4. The first-order chi connectivity index (χ1) is 28.7. The summed E-state index contributed by atoms with van der Waals surface area (Å²) in [7, 11) is -2.99. The largest absolute Gasteiger partial charge is 0.469 e. The Kier molecular flexibility index (Phi) is 21.1. The van der Waals surface area contributed by atoms with Gasteiger partial charge in [-0.2, -0.15) is 0 Å². The molecule has 0 heterocycles. The number of ether oxygens (including phenoxy) is 3. The summed E-state index contributed by atoms with van der Waals surface area (Å²) in [6, 6.07) is 18.0. The fraction of sp³-hybridized carbons (Fsp3) is 0.612. The SMILES string of the molecule is CCCCC[C@@H](C=C[C@@H]1C(SCCCCCC(=O)OC)=C(OC(=O)[C@H](Cc2ccccc2)NC(=O)OCc2ccccc2)C[C@H]1O[Si](C)(C)C(C)(C)C)O[Si](C)(C)C(C)(C)C. The van der Waals surface area contributed by atoms with Gasteiger partial charge in [0.25, 0.3) is 0 Å². The van der Waals surface area contributed by atoms with Crippen molar-refractivity contribution in [2.75, 3.05) is 12.9 Å². The highest BCUT2D eigenvalue weighted by atomic mass is 32.2. The van der Waals surface area contributed by atoms with Crippen LogP contribution in [0.15, 0.2) is 83.5 Å². The minimum Gasteiger partial charge on any atom is -0.469 e. The molecule has 0 saturated heterocycles. The molecule has 0 fully saturated rings. The molecule has 61 heavy (non-hydrogen) atoms. The maximum atomic E-state index is 14.4. The van der Waals surface area contributed by atoms with Gasteiger partial charge in [-0.25, -0.2) is 9.59 Å². The van der Waals surface area contributed by atoms with Gasteiger partial charge in [-0.05, 0) is 72.4 Å². The maximum absolute atomic E-state index is 14.4. The van der Waals surface area contributed by atoms with E-state index >= 15 is 0 Å². The van der Waals surface area contributed by atoms with Gasteiger partial charge in [-0.15, -0.1) is 11.8 Å². The van der Waals surface area contributed by atoms with E-state index in [9.17, 15) is 14.4 Å². The lowest BCUT2D eigenvalue weighted by Gasteiger charge is -2.40. The molecule has 0 aliphatic heterocycles. The van der Waals surface area contributed by atoms with Gasteiger partial charge >= 0.3 is 18.0 Å². The summed E-state index contributed by atoms with van der Waals surface area (Å²) in [5, 5.41) is 2.84. The van der Waals surface area contributed by atoms with Crippen molar-refractivity contribution in [3.63, 3.8) is 0 Å². The highest BCUT2D eigenvalue weighted by Crippen LogP contribution is 2.47. The van der Waals surface area contributed by atoms with Crippen molar-refractivity contribution in [3.05, 3.63) is 94.6 Å². The average Bonchev–Trinajstić information content (AvgIpc) is 3.50. The van der Waals surface area contributed by atoms with Gasteiger partial charge in [0, 0.05) is 30.1 Å². The molecule has 1 amide bonds. The van der Waals surface area contributed by atoms with Gasteiger partial charge in [0.15, 0.2) is 16.6 Å². The molecule has 0 radical (unpaired) electrons. The summed E-state index contributed by atoms with van der Waals surface area (Å²) in [6.45, 7) is 25.0. The van der Waals surface area contributed by atoms with Crippen LogP contribution in [-0.2, 0) is 45.7 Å². The standard InChI is InChI=1S/C49H77NO8SSi2/c1-13-14-18-29-39(57-60(9,10)48(2,3)4)31-32-40-42(58-61(11,12)49(5,6)7)35-43(45(40)59-33-24-17-23-30-44(51)54-8)56-46(52)41(34-37-25-19-15-20-26-37)50-47(53)55-36-38-27-21-16-22-28-38/h15-16,19-22,25-28,31-32,39-42H,13-14,17-18,23-24,29-30,33-36H2,1-12H3,(H,50,53)/t39-,40-,41-,42+/m0/s1. The molecule has 340 valence electrons. The number of methoxy groups -OCH3 is 1. The highest BCUT2D eigenvalue weighted by molar-refractivity contribution is 8.03. The summed E-state index contributed by atoms with van der Waals surface area (Å²) in [5.74, 6) is 0.415. The molecule has 0 spiro atoms. The highest BCUT2D eigenvalue weighted by Gasteiger charge is 2.45. The third kappa shape index (κ3) is 17.5.